The van der Waals surface area contributed by atoms with Crippen LogP contribution in [0.15, 0.2) is 67.1 Å². The molecule has 0 bridgehead atoms. The molecule has 0 saturated carbocycles. The van der Waals surface area contributed by atoms with Gasteiger partial charge >= 0.3 is 0 Å². The lowest BCUT2D eigenvalue weighted by molar-refractivity contribution is 0.182. The van der Waals surface area contributed by atoms with Crippen molar-refractivity contribution in [2.45, 2.75) is 13.1 Å². The zero-order valence-electron chi connectivity index (χ0n) is 15.4. The van der Waals surface area contributed by atoms with Gasteiger partial charge in [0.25, 0.3) is 0 Å². The Morgan fingerprint density at radius 1 is 1.00 bits per heavy atom. The Bertz CT molecular complexity index is 796. The summed E-state index contributed by atoms with van der Waals surface area (Å²) < 4.78 is 2.20. The zero-order chi connectivity index (χ0) is 18.4. The molecule has 0 spiro atoms. The first-order valence-electron chi connectivity index (χ1n) is 8.83. The SMILES string of the molecule is CN(C)c1ccc(-n2cccc2CN(CCO)Cc2cccnc2)cc1. The van der Waals surface area contributed by atoms with E-state index in [1.807, 2.05) is 26.4 Å². The molecule has 3 rings (SSSR count). The highest BCUT2D eigenvalue weighted by atomic mass is 16.3. The minimum Gasteiger partial charge on any atom is -0.395 e. The van der Waals surface area contributed by atoms with Crippen molar-refractivity contribution in [1.29, 1.82) is 0 Å². The van der Waals surface area contributed by atoms with Gasteiger partial charge in [-0.05, 0) is 48.0 Å². The molecular formula is C21H26N4O. The van der Waals surface area contributed by atoms with E-state index in [1.165, 1.54) is 11.4 Å². The van der Waals surface area contributed by atoms with Crippen molar-refractivity contribution in [3.8, 4) is 5.69 Å². The van der Waals surface area contributed by atoms with Crippen LogP contribution in [0.25, 0.3) is 5.69 Å². The molecule has 0 aliphatic rings. The highest BCUT2D eigenvalue weighted by Crippen LogP contribution is 2.19. The molecule has 0 saturated heterocycles. The number of aliphatic hydroxyl groups is 1. The molecule has 1 N–H and O–H groups in total. The first-order chi connectivity index (χ1) is 12.7. The Hall–Kier alpha value is -2.63. The van der Waals surface area contributed by atoms with Gasteiger partial charge in [0, 0.05) is 69.4 Å². The first-order valence-corrected chi connectivity index (χ1v) is 8.83. The smallest absolute Gasteiger partial charge is 0.0558 e. The van der Waals surface area contributed by atoms with Crippen molar-refractivity contribution in [1.82, 2.24) is 14.5 Å². The quantitative estimate of drug-likeness (QED) is 0.678. The summed E-state index contributed by atoms with van der Waals surface area (Å²) in [6.07, 6.45) is 5.74. The Balaban J connectivity index is 1.77. The van der Waals surface area contributed by atoms with E-state index in [2.05, 4.69) is 68.0 Å². The van der Waals surface area contributed by atoms with Crippen molar-refractivity contribution < 1.29 is 5.11 Å². The zero-order valence-corrected chi connectivity index (χ0v) is 15.4. The van der Waals surface area contributed by atoms with Crippen molar-refractivity contribution in [3.05, 3.63) is 78.4 Å². The molecule has 1 aromatic carbocycles. The van der Waals surface area contributed by atoms with Gasteiger partial charge in [-0.1, -0.05) is 6.07 Å². The summed E-state index contributed by atoms with van der Waals surface area (Å²) in [6.45, 7) is 2.29. The minimum atomic E-state index is 0.137. The van der Waals surface area contributed by atoms with Crippen molar-refractivity contribution in [2.75, 3.05) is 32.1 Å². The minimum absolute atomic E-state index is 0.137. The summed E-state index contributed by atoms with van der Waals surface area (Å²) >= 11 is 0. The standard InChI is InChI=1S/C21H26N4O/c1-23(2)19-7-9-20(10-8-19)25-12-4-6-21(25)17-24(13-14-26)16-18-5-3-11-22-15-18/h3-12,15,26H,13-14,16-17H2,1-2H3. The molecular weight excluding hydrogens is 324 g/mol. The van der Waals surface area contributed by atoms with Crippen LogP contribution in [0.2, 0.25) is 0 Å². The van der Waals surface area contributed by atoms with E-state index < -0.39 is 0 Å². The largest absolute Gasteiger partial charge is 0.395 e. The van der Waals surface area contributed by atoms with E-state index in [0.29, 0.717) is 6.54 Å². The number of hydrogen-bond acceptors (Lipinski definition) is 4. The Morgan fingerprint density at radius 2 is 1.81 bits per heavy atom. The molecule has 0 amide bonds. The highest BCUT2D eigenvalue weighted by Gasteiger charge is 2.11. The molecule has 136 valence electrons. The summed E-state index contributed by atoms with van der Waals surface area (Å²) in [4.78, 5) is 8.51. The molecule has 0 aliphatic carbocycles. The molecule has 2 aromatic heterocycles. The van der Waals surface area contributed by atoms with Crippen LogP contribution in [0, 0.1) is 0 Å². The summed E-state index contributed by atoms with van der Waals surface area (Å²) in [5.74, 6) is 0. The van der Waals surface area contributed by atoms with E-state index >= 15 is 0 Å². The van der Waals surface area contributed by atoms with Crippen LogP contribution in [-0.2, 0) is 13.1 Å². The maximum atomic E-state index is 9.44. The van der Waals surface area contributed by atoms with Crippen molar-refractivity contribution >= 4 is 5.69 Å². The number of nitrogens with zero attached hydrogens (tertiary/aromatic N) is 4. The molecule has 0 atom stereocenters. The van der Waals surface area contributed by atoms with Crippen molar-refractivity contribution in [3.63, 3.8) is 0 Å². The fourth-order valence-corrected chi connectivity index (χ4v) is 3.04. The van der Waals surface area contributed by atoms with Crippen LogP contribution in [-0.4, -0.2) is 46.8 Å². The fourth-order valence-electron chi connectivity index (χ4n) is 3.04. The summed E-state index contributed by atoms with van der Waals surface area (Å²) in [6, 6.07) is 16.7. The average Bonchev–Trinajstić information content (AvgIpc) is 3.11. The second kappa shape index (κ2) is 8.65. The Labute approximate surface area is 155 Å². The van der Waals surface area contributed by atoms with Crippen LogP contribution in [0.3, 0.4) is 0 Å². The number of aromatic nitrogens is 2. The van der Waals surface area contributed by atoms with Crippen LogP contribution in [0.1, 0.15) is 11.3 Å². The van der Waals surface area contributed by atoms with Gasteiger partial charge in [-0.2, -0.15) is 0 Å². The van der Waals surface area contributed by atoms with E-state index in [1.54, 1.807) is 6.20 Å². The van der Waals surface area contributed by atoms with Gasteiger partial charge in [0.05, 0.1) is 6.61 Å². The topological polar surface area (TPSA) is 44.5 Å². The number of benzene rings is 1. The fraction of sp³-hybridized carbons (Fsp3) is 0.286. The van der Waals surface area contributed by atoms with Crippen LogP contribution in [0.4, 0.5) is 5.69 Å². The van der Waals surface area contributed by atoms with Gasteiger partial charge in [0.2, 0.25) is 0 Å². The molecule has 26 heavy (non-hydrogen) atoms. The maximum absolute atomic E-state index is 9.44. The predicted molar refractivity (Wildman–Crippen MR) is 106 cm³/mol. The lowest BCUT2D eigenvalue weighted by atomic mass is 10.2. The molecule has 3 aromatic rings. The maximum Gasteiger partial charge on any atom is 0.0558 e. The second-order valence-electron chi connectivity index (χ2n) is 6.58. The lowest BCUT2D eigenvalue weighted by Crippen LogP contribution is -2.27. The van der Waals surface area contributed by atoms with Gasteiger partial charge < -0.3 is 14.6 Å². The highest BCUT2D eigenvalue weighted by molar-refractivity contribution is 5.50. The van der Waals surface area contributed by atoms with E-state index in [4.69, 9.17) is 0 Å². The summed E-state index contributed by atoms with van der Waals surface area (Å²) in [7, 11) is 4.09. The predicted octanol–water partition coefficient (Wildman–Crippen LogP) is 2.93. The molecule has 0 unspecified atom stereocenters. The van der Waals surface area contributed by atoms with E-state index in [-0.39, 0.29) is 6.61 Å². The molecule has 0 aliphatic heterocycles. The number of anilines is 1. The van der Waals surface area contributed by atoms with Gasteiger partial charge in [-0.15, -0.1) is 0 Å². The normalized spacial score (nSPS) is 11.1. The summed E-state index contributed by atoms with van der Waals surface area (Å²) in [5, 5.41) is 9.44. The number of rotatable bonds is 8. The van der Waals surface area contributed by atoms with Gasteiger partial charge in [0.1, 0.15) is 0 Å². The van der Waals surface area contributed by atoms with E-state index in [9.17, 15) is 5.11 Å². The Morgan fingerprint density at radius 3 is 2.46 bits per heavy atom. The number of aliphatic hydroxyl groups excluding tert-OH is 1. The third kappa shape index (κ3) is 4.50. The van der Waals surface area contributed by atoms with Gasteiger partial charge in [0.15, 0.2) is 0 Å². The third-order valence-electron chi connectivity index (χ3n) is 4.41. The first kappa shape index (κ1) is 18.2. The van der Waals surface area contributed by atoms with Crippen LogP contribution in [0.5, 0.6) is 0 Å². The summed E-state index contributed by atoms with van der Waals surface area (Å²) in [5.41, 5.74) is 4.66. The lowest BCUT2D eigenvalue weighted by Gasteiger charge is -2.22. The number of pyridine rings is 1. The molecule has 5 nitrogen and oxygen atoms in total. The molecule has 5 heteroatoms. The van der Waals surface area contributed by atoms with E-state index in [0.717, 1.165) is 24.3 Å². The van der Waals surface area contributed by atoms with Gasteiger partial charge in [-0.25, -0.2) is 0 Å². The van der Waals surface area contributed by atoms with Crippen LogP contribution < -0.4 is 4.90 Å². The molecule has 0 fully saturated rings. The second-order valence-corrected chi connectivity index (χ2v) is 6.58. The van der Waals surface area contributed by atoms with Crippen LogP contribution >= 0.6 is 0 Å². The molecule has 2 heterocycles. The Kier molecular flexibility index (Phi) is 6.04. The van der Waals surface area contributed by atoms with Gasteiger partial charge in [-0.3, -0.25) is 9.88 Å². The number of hydrogen-bond donors (Lipinski definition) is 1. The third-order valence-corrected chi connectivity index (χ3v) is 4.41. The van der Waals surface area contributed by atoms with Crippen molar-refractivity contribution in [2.24, 2.45) is 0 Å². The average molecular weight is 350 g/mol. The molecule has 0 radical (unpaired) electrons. The monoisotopic (exact) mass is 350 g/mol.